The van der Waals surface area contributed by atoms with Gasteiger partial charge in [0, 0.05) is 40.1 Å². The lowest BCUT2D eigenvalue weighted by Crippen LogP contribution is -2.32. The van der Waals surface area contributed by atoms with Gasteiger partial charge in [0.25, 0.3) is 0 Å². The molecule has 0 amide bonds. The third kappa shape index (κ3) is 3.82. The molecule has 1 heterocycles. The topological polar surface area (TPSA) is 50.8 Å². The van der Waals surface area contributed by atoms with Crippen LogP contribution in [0.5, 0.6) is 0 Å². The maximum absolute atomic E-state index is 9.22. The molecule has 5 heteroatoms. The van der Waals surface area contributed by atoms with E-state index in [9.17, 15) is 5.26 Å². The van der Waals surface area contributed by atoms with Gasteiger partial charge in [-0.25, -0.2) is 0 Å². The standard InChI is InChI=1S/C18H15N3S2/c19-12-14-1-2-15(13-20)18(11-14)23-17-5-3-16(4-6-17)21-7-9-22-10-8-21/h1-6,11H,7-10H2. The highest BCUT2D eigenvalue weighted by atomic mass is 32.2. The summed E-state index contributed by atoms with van der Waals surface area (Å²) in [7, 11) is 0. The van der Waals surface area contributed by atoms with Crippen LogP contribution in [0.25, 0.3) is 0 Å². The van der Waals surface area contributed by atoms with Crippen LogP contribution in [0.2, 0.25) is 0 Å². The first-order valence-corrected chi connectivity index (χ1v) is 9.32. The van der Waals surface area contributed by atoms with Crippen LogP contribution in [0.3, 0.4) is 0 Å². The molecule has 0 spiro atoms. The summed E-state index contributed by atoms with van der Waals surface area (Å²) in [5.41, 5.74) is 2.43. The molecule has 0 saturated carbocycles. The smallest absolute Gasteiger partial charge is 0.100 e. The zero-order valence-corrected chi connectivity index (χ0v) is 14.2. The molecule has 0 radical (unpaired) electrons. The van der Waals surface area contributed by atoms with Crippen molar-refractivity contribution in [2.24, 2.45) is 0 Å². The van der Waals surface area contributed by atoms with Crippen molar-refractivity contribution in [2.45, 2.75) is 9.79 Å². The lowest BCUT2D eigenvalue weighted by Gasteiger charge is -2.28. The maximum Gasteiger partial charge on any atom is 0.100 e. The quantitative estimate of drug-likeness (QED) is 0.843. The zero-order chi connectivity index (χ0) is 16.1. The molecule has 2 aromatic rings. The molecule has 1 aliphatic rings. The van der Waals surface area contributed by atoms with E-state index >= 15 is 0 Å². The van der Waals surface area contributed by atoms with Gasteiger partial charge in [-0.3, -0.25) is 0 Å². The molecule has 3 nitrogen and oxygen atoms in total. The lowest BCUT2D eigenvalue weighted by atomic mass is 10.2. The summed E-state index contributed by atoms with van der Waals surface area (Å²) in [5.74, 6) is 2.37. The molecule has 114 valence electrons. The van der Waals surface area contributed by atoms with Crippen LogP contribution in [0.4, 0.5) is 5.69 Å². The minimum atomic E-state index is 0.578. The summed E-state index contributed by atoms with van der Waals surface area (Å²) in [6, 6.07) is 17.9. The molecule has 0 aliphatic carbocycles. The first kappa shape index (κ1) is 15.8. The fourth-order valence-electron chi connectivity index (χ4n) is 2.44. The number of thioether (sulfide) groups is 1. The van der Waals surface area contributed by atoms with Crippen LogP contribution in [-0.2, 0) is 0 Å². The monoisotopic (exact) mass is 337 g/mol. The van der Waals surface area contributed by atoms with Gasteiger partial charge in [-0.05, 0) is 42.5 Å². The predicted molar refractivity (Wildman–Crippen MR) is 96.0 cm³/mol. The number of hydrogen-bond acceptors (Lipinski definition) is 5. The Bertz CT molecular complexity index is 766. The van der Waals surface area contributed by atoms with Crippen molar-refractivity contribution in [1.82, 2.24) is 0 Å². The fraction of sp³-hybridized carbons (Fsp3) is 0.222. The summed E-state index contributed by atoms with van der Waals surface area (Å²) < 4.78 is 0. The van der Waals surface area contributed by atoms with Crippen LogP contribution >= 0.6 is 23.5 Å². The van der Waals surface area contributed by atoms with Gasteiger partial charge in [0.05, 0.1) is 17.2 Å². The van der Waals surface area contributed by atoms with Gasteiger partial charge < -0.3 is 4.90 Å². The van der Waals surface area contributed by atoms with Crippen LogP contribution < -0.4 is 4.90 Å². The molecule has 0 unspecified atom stereocenters. The number of nitrogens with zero attached hydrogens (tertiary/aromatic N) is 3. The van der Waals surface area contributed by atoms with Gasteiger partial charge in [0.15, 0.2) is 0 Å². The number of nitriles is 2. The highest BCUT2D eigenvalue weighted by Crippen LogP contribution is 2.32. The molecule has 1 saturated heterocycles. The van der Waals surface area contributed by atoms with Crippen molar-refractivity contribution in [3.05, 3.63) is 53.6 Å². The predicted octanol–water partition coefficient (Wildman–Crippen LogP) is 4.13. The molecule has 0 atom stereocenters. The molecular formula is C18H15N3S2. The average Bonchev–Trinajstić information content (AvgIpc) is 2.63. The van der Waals surface area contributed by atoms with Gasteiger partial charge in [-0.1, -0.05) is 11.8 Å². The normalized spacial score (nSPS) is 14.1. The minimum absolute atomic E-state index is 0.578. The first-order chi connectivity index (χ1) is 11.3. The Balaban J connectivity index is 1.78. The van der Waals surface area contributed by atoms with Crippen LogP contribution in [0.15, 0.2) is 52.3 Å². The van der Waals surface area contributed by atoms with Crippen molar-refractivity contribution in [3.8, 4) is 12.1 Å². The Morgan fingerprint density at radius 1 is 0.957 bits per heavy atom. The third-order valence-corrected chi connectivity index (χ3v) is 5.68. The molecule has 0 N–H and O–H groups in total. The second kappa shape index (κ2) is 7.46. The van der Waals surface area contributed by atoms with E-state index in [1.807, 2.05) is 11.8 Å². The van der Waals surface area contributed by atoms with E-state index in [2.05, 4.69) is 41.3 Å². The molecule has 1 fully saturated rings. The van der Waals surface area contributed by atoms with Gasteiger partial charge in [0.1, 0.15) is 6.07 Å². The van der Waals surface area contributed by atoms with E-state index in [-0.39, 0.29) is 0 Å². The van der Waals surface area contributed by atoms with Crippen molar-refractivity contribution in [1.29, 1.82) is 10.5 Å². The van der Waals surface area contributed by atoms with E-state index in [0.717, 1.165) is 22.9 Å². The van der Waals surface area contributed by atoms with E-state index in [0.29, 0.717) is 11.1 Å². The molecule has 0 aromatic heterocycles. The highest BCUT2D eigenvalue weighted by Gasteiger charge is 2.11. The van der Waals surface area contributed by atoms with E-state index in [4.69, 9.17) is 5.26 Å². The number of hydrogen-bond donors (Lipinski definition) is 0. The molecule has 3 rings (SSSR count). The average molecular weight is 337 g/mol. The minimum Gasteiger partial charge on any atom is -0.370 e. The Kier molecular flexibility index (Phi) is 5.12. The Labute approximate surface area is 144 Å². The van der Waals surface area contributed by atoms with Crippen molar-refractivity contribution in [2.75, 3.05) is 29.5 Å². The summed E-state index contributed by atoms with van der Waals surface area (Å²) in [6.07, 6.45) is 0. The number of benzene rings is 2. The molecule has 0 bridgehead atoms. The summed E-state index contributed by atoms with van der Waals surface area (Å²) in [5, 5.41) is 18.2. The lowest BCUT2D eigenvalue weighted by molar-refractivity contribution is 0.858. The van der Waals surface area contributed by atoms with Gasteiger partial charge in [0.2, 0.25) is 0 Å². The summed E-state index contributed by atoms with van der Waals surface area (Å²) >= 11 is 3.53. The maximum atomic E-state index is 9.22. The number of anilines is 1. The SMILES string of the molecule is N#Cc1ccc(C#N)c(Sc2ccc(N3CCSCC3)cc2)c1. The molecule has 23 heavy (non-hydrogen) atoms. The van der Waals surface area contributed by atoms with Crippen molar-refractivity contribution in [3.63, 3.8) is 0 Å². The van der Waals surface area contributed by atoms with Crippen molar-refractivity contribution >= 4 is 29.2 Å². The highest BCUT2D eigenvalue weighted by molar-refractivity contribution is 7.99. The van der Waals surface area contributed by atoms with E-state index in [1.165, 1.54) is 29.0 Å². The Morgan fingerprint density at radius 3 is 2.35 bits per heavy atom. The van der Waals surface area contributed by atoms with Gasteiger partial charge >= 0.3 is 0 Å². The van der Waals surface area contributed by atoms with Gasteiger partial charge in [-0.15, -0.1) is 0 Å². The second-order valence-electron chi connectivity index (χ2n) is 5.13. The van der Waals surface area contributed by atoms with Crippen LogP contribution in [-0.4, -0.2) is 24.6 Å². The van der Waals surface area contributed by atoms with Crippen LogP contribution in [0.1, 0.15) is 11.1 Å². The largest absolute Gasteiger partial charge is 0.370 e. The fourth-order valence-corrected chi connectivity index (χ4v) is 4.28. The molecular weight excluding hydrogens is 322 g/mol. The van der Waals surface area contributed by atoms with Gasteiger partial charge in [-0.2, -0.15) is 22.3 Å². The van der Waals surface area contributed by atoms with Crippen molar-refractivity contribution < 1.29 is 0 Å². The third-order valence-electron chi connectivity index (χ3n) is 3.67. The van der Waals surface area contributed by atoms with Crippen LogP contribution in [0, 0.1) is 22.7 Å². The summed E-state index contributed by atoms with van der Waals surface area (Å²) in [6.45, 7) is 2.19. The Hall–Kier alpha value is -2.08. The molecule has 2 aromatic carbocycles. The second-order valence-corrected chi connectivity index (χ2v) is 7.47. The molecule has 1 aliphatic heterocycles. The van der Waals surface area contributed by atoms with E-state index < -0.39 is 0 Å². The first-order valence-electron chi connectivity index (χ1n) is 7.35. The van der Waals surface area contributed by atoms with E-state index in [1.54, 1.807) is 18.2 Å². The zero-order valence-electron chi connectivity index (χ0n) is 12.5. The summed E-state index contributed by atoms with van der Waals surface area (Å²) in [4.78, 5) is 4.31. The number of rotatable bonds is 3. The Morgan fingerprint density at radius 2 is 1.70 bits per heavy atom.